The molecule has 2 rings (SSSR count). The van der Waals surface area contributed by atoms with Crippen LogP contribution in [0.3, 0.4) is 0 Å². The molecule has 0 aromatic carbocycles. The summed E-state index contributed by atoms with van der Waals surface area (Å²) in [5, 5.41) is 4.40. The van der Waals surface area contributed by atoms with Gasteiger partial charge in [0.15, 0.2) is 0 Å². The van der Waals surface area contributed by atoms with Crippen LogP contribution in [0, 0.1) is 5.92 Å². The van der Waals surface area contributed by atoms with Gasteiger partial charge in [-0.15, -0.1) is 0 Å². The van der Waals surface area contributed by atoms with E-state index in [1.807, 2.05) is 10.9 Å². The molecule has 2 N–H and O–H groups in total. The molecule has 1 saturated carbocycles. The average Bonchev–Trinajstić information content (AvgIpc) is 2.95. The molecule has 1 aromatic heterocycles. The van der Waals surface area contributed by atoms with Gasteiger partial charge in [0, 0.05) is 36.9 Å². The van der Waals surface area contributed by atoms with Gasteiger partial charge in [-0.25, -0.2) is 0 Å². The first-order valence-corrected chi connectivity index (χ1v) is 6.56. The number of hydrogen-bond acceptors (Lipinski definition) is 3. The molecule has 96 valence electrons. The Labute approximate surface area is 104 Å². The van der Waals surface area contributed by atoms with E-state index in [9.17, 15) is 0 Å². The van der Waals surface area contributed by atoms with Gasteiger partial charge < -0.3 is 5.73 Å². The zero-order valence-corrected chi connectivity index (χ0v) is 11.1. The highest BCUT2D eigenvalue weighted by Gasteiger charge is 2.26. The van der Waals surface area contributed by atoms with E-state index in [1.165, 1.54) is 18.4 Å². The van der Waals surface area contributed by atoms with Gasteiger partial charge in [-0.05, 0) is 39.7 Å². The maximum atomic E-state index is 5.91. The highest BCUT2D eigenvalue weighted by Crippen LogP contribution is 2.31. The predicted octanol–water partition coefficient (Wildman–Crippen LogP) is 1.81. The molecule has 1 atom stereocenters. The van der Waals surface area contributed by atoms with Crippen molar-refractivity contribution >= 4 is 0 Å². The van der Waals surface area contributed by atoms with E-state index in [1.54, 1.807) is 0 Å². The van der Waals surface area contributed by atoms with Crippen LogP contribution in [0.15, 0.2) is 12.4 Å². The summed E-state index contributed by atoms with van der Waals surface area (Å²) in [6.07, 6.45) is 6.85. The van der Waals surface area contributed by atoms with Crippen LogP contribution in [-0.4, -0.2) is 34.8 Å². The third-order valence-corrected chi connectivity index (χ3v) is 3.53. The third-order valence-electron chi connectivity index (χ3n) is 3.53. The summed E-state index contributed by atoms with van der Waals surface area (Å²) in [6, 6.07) is 0.721. The average molecular weight is 236 g/mol. The van der Waals surface area contributed by atoms with Crippen molar-refractivity contribution in [3.63, 3.8) is 0 Å². The molecule has 4 heteroatoms. The van der Waals surface area contributed by atoms with Crippen molar-refractivity contribution in [1.29, 1.82) is 0 Å². The van der Waals surface area contributed by atoms with Crippen molar-refractivity contribution in [2.24, 2.45) is 11.7 Å². The molecule has 4 nitrogen and oxygen atoms in total. The molecule has 0 bridgehead atoms. The first-order chi connectivity index (χ1) is 8.11. The van der Waals surface area contributed by atoms with Gasteiger partial charge in [0.2, 0.25) is 0 Å². The summed E-state index contributed by atoms with van der Waals surface area (Å²) >= 11 is 0. The topological polar surface area (TPSA) is 47.1 Å². The van der Waals surface area contributed by atoms with Gasteiger partial charge in [0.1, 0.15) is 0 Å². The number of nitrogens with zero attached hydrogens (tertiary/aromatic N) is 3. The van der Waals surface area contributed by atoms with Gasteiger partial charge in [-0.2, -0.15) is 5.10 Å². The summed E-state index contributed by atoms with van der Waals surface area (Å²) in [5.41, 5.74) is 7.15. The zero-order valence-electron chi connectivity index (χ0n) is 11.1. The van der Waals surface area contributed by atoms with Crippen LogP contribution in [0.25, 0.3) is 0 Å². The molecule has 0 aliphatic heterocycles. The summed E-state index contributed by atoms with van der Waals surface area (Å²) in [6.45, 7) is 6.10. The Balaban J connectivity index is 2.04. The van der Waals surface area contributed by atoms with Gasteiger partial charge in [0.05, 0.1) is 6.20 Å². The molecule has 0 saturated heterocycles. The van der Waals surface area contributed by atoms with E-state index in [4.69, 9.17) is 5.73 Å². The van der Waals surface area contributed by atoms with Gasteiger partial charge in [-0.1, -0.05) is 0 Å². The fourth-order valence-electron chi connectivity index (χ4n) is 2.21. The molecular formula is C13H24N4. The molecule has 1 aliphatic rings. The number of aromatic nitrogens is 2. The Morgan fingerprint density at radius 2 is 2.24 bits per heavy atom. The van der Waals surface area contributed by atoms with E-state index in [0.717, 1.165) is 12.5 Å². The summed E-state index contributed by atoms with van der Waals surface area (Å²) in [5.74, 6) is 0.897. The van der Waals surface area contributed by atoms with Crippen LogP contribution in [-0.2, 0) is 0 Å². The third kappa shape index (κ3) is 3.07. The molecule has 1 unspecified atom stereocenters. The van der Waals surface area contributed by atoms with Crippen LogP contribution in [0.5, 0.6) is 0 Å². The lowest BCUT2D eigenvalue weighted by Gasteiger charge is -2.26. The highest BCUT2D eigenvalue weighted by atomic mass is 15.3. The van der Waals surface area contributed by atoms with Crippen LogP contribution in [0.4, 0.5) is 0 Å². The highest BCUT2D eigenvalue weighted by molar-refractivity contribution is 5.11. The van der Waals surface area contributed by atoms with Crippen LogP contribution >= 0.6 is 0 Å². The monoisotopic (exact) mass is 236 g/mol. The number of rotatable bonds is 6. The lowest BCUT2D eigenvalue weighted by Crippen LogP contribution is -2.31. The largest absolute Gasteiger partial charge is 0.329 e. The van der Waals surface area contributed by atoms with Crippen molar-refractivity contribution in [3.8, 4) is 0 Å². The Morgan fingerprint density at radius 3 is 2.71 bits per heavy atom. The van der Waals surface area contributed by atoms with Crippen molar-refractivity contribution < 1.29 is 0 Å². The standard InChI is InChI=1S/C13H24N4/c1-10(2)17-9-12(7-15-17)13(6-14)16(3)8-11-4-5-11/h7,9-11,13H,4-6,8,14H2,1-3H3. The minimum Gasteiger partial charge on any atom is -0.329 e. The molecule has 0 spiro atoms. The van der Waals surface area contributed by atoms with Crippen molar-refractivity contribution in [2.45, 2.75) is 38.8 Å². The minimum absolute atomic E-state index is 0.308. The SMILES string of the molecule is CC(C)n1cc(C(CN)N(C)CC2CC2)cn1. The Kier molecular flexibility index (Phi) is 3.84. The lowest BCUT2D eigenvalue weighted by atomic mass is 10.1. The zero-order chi connectivity index (χ0) is 12.4. The number of hydrogen-bond donors (Lipinski definition) is 1. The molecule has 1 aromatic rings. The van der Waals surface area contributed by atoms with Crippen LogP contribution in [0.1, 0.15) is 44.3 Å². The van der Waals surface area contributed by atoms with Gasteiger partial charge in [-0.3, -0.25) is 9.58 Å². The Hall–Kier alpha value is -0.870. The first-order valence-electron chi connectivity index (χ1n) is 6.56. The summed E-state index contributed by atoms with van der Waals surface area (Å²) < 4.78 is 2.00. The molecule has 1 heterocycles. The van der Waals surface area contributed by atoms with E-state index in [2.05, 4.69) is 37.1 Å². The predicted molar refractivity (Wildman–Crippen MR) is 69.8 cm³/mol. The smallest absolute Gasteiger partial charge is 0.0538 e. The lowest BCUT2D eigenvalue weighted by molar-refractivity contribution is 0.240. The first kappa shape index (κ1) is 12.6. The van der Waals surface area contributed by atoms with E-state index < -0.39 is 0 Å². The van der Waals surface area contributed by atoms with E-state index >= 15 is 0 Å². The molecule has 17 heavy (non-hydrogen) atoms. The second-order valence-electron chi connectivity index (χ2n) is 5.48. The van der Waals surface area contributed by atoms with Gasteiger partial charge >= 0.3 is 0 Å². The van der Waals surface area contributed by atoms with Crippen molar-refractivity contribution in [2.75, 3.05) is 20.1 Å². The quantitative estimate of drug-likeness (QED) is 0.819. The number of nitrogens with two attached hydrogens (primary N) is 1. The van der Waals surface area contributed by atoms with Crippen LogP contribution < -0.4 is 5.73 Å². The Bertz CT molecular complexity index is 354. The van der Waals surface area contributed by atoms with E-state index in [-0.39, 0.29) is 0 Å². The summed E-state index contributed by atoms with van der Waals surface area (Å²) in [4.78, 5) is 2.37. The maximum absolute atomic E-state index is 5.91. The fraction of sp³-hybridized carbons (Fsp3) is 0.769. The van der Waals surface area contributed by atoms with E-state index in [0.29, 0.717) is 18.6 Å². The maximum Gasteiger partial charge on any atom is 0.0538 e. The van der Waals surface area contributed by atoms with Gasteiger partial charge in [0.25, 0.3) is 0 Å². The summed E-state index contributed by atoms with van der Waals surface area (Å²) in [7, 11) is 2.17. The van der Waals surface area contributed by atoms with Crippen molar-refractivity contribution in [3.05, 3.63) is 18.0 Å². The Morgan fingerprint density at radius 1 is 1.53 bits per heavy atom. The minimum atomic E-state index is 0.308. The van der Waals surface area contributed by atoms with Crippen molar-refractivity contribution in [1.82, 2.24) is 14.7 Å². The number of likely N-dealkylation sites (N-methyl/N-ethyl adjacent to an activating group) is 1. The molecular weight excluding hydrogens is 212 g/mol. The van der Waals surface area contributed by atoms with Crippen LogP contribution in [0.2, 0.25) is 0 Å². The molecule has 1 aliphatic carbocycles. The second kappa shape index (κ2) is 5.19. The molecule has 0 amide bonds. The molecule has 0 radical (unpaired) electrons. The fourth-order valence-corrected chi connectivity index (χ4v) is 2.21. The molecule has 1 fully saturated rings. The normalized spacial score (nSPS) is 18.0. The second-order valence-corrected chi connectivity index (χ2v) is 5.48.